The summed E-state index contributed by atoms with van der Waals surface area (Å²) in [6.45, 7) is 6.15. The number of unbranched alkanes of at least 4 members (excludes halogenated alkanes) is 4. The van der Waals surface area contributed by atoms with Gasteiger partial charge in [-0.05, 0) is 26.3 Å². The summed E-state index contributed by atoms with van der Waals surface area (Å²) in [5.74, 6) is 0. The molecule has 0 saturated carbocycles. The number of nitro groups is 1. The van der Waals surface area contributed by atoms with E-state index >= 15 is 0 Å². The normalized spacial score (nSPS) is 12.2. The van der Waals surface area contributed by atoms with Gasteiger partial charge in [-0.3, -0.25) is 10.1 Å². The lowest BCUT2D eigenvalue weighted by atomic mass is 10.1. The first-order valence-corrected chi connectivity index (χ1v) is 7.56. The summed E-state index contributed by atoms with van der Waals surface area (Å²) in [5.41, 5.74) is 1.78. The number of benzene rings is 1. The quantitative estimate of drug-likeness (QED) is 0.390. The second-order valence-electron chi connectivity index (χ2n) is 5.46. The van der Waals surface area contributed by atoms with E-state index in [1.807, 2.05) is 6.07 Å². The number of nitrogens with one attached hydrogen (secondary N) is 1. The van der Waals surface area contributed by atoms with E-state index < -0.39 is 0 Å². The maximum Gasteiger partial charge on any atom is 0.274 e. The van der Waals surface area contributed by atoms with E-state index in [1.54, 1.807) is 19.1 Å². The Morgan fingerprint density at radius 3 is 2.60 bits per heavy atom. The lowest BCUT2D eigenvalue weighted by Gasteiger charge is -2.16. The summed E-state index contributed by atoms with van der Waals surface area (Å²) in [4.78, 5) is 10.6. The summed E-state index contributed by atoms with van der Waals surface area (Å²) >= 11 is 0. The highest BCUT2D eigenvalue weighted by molar-refractivity contribution is 5.60. The minimum Gasteiger partial charge on any atom is -0.382 e. The molecule has 4 heteroatoms. The molecule has 1 atom stereocenters. The molecule has 0 amide bonds. The summed E-state index contributed by atoms with van der Waals surface area (Å²) in [6, 6.07) is 5.55. The van der Waals surface area contributed by atoms with Gasteiger partial charge in [-0.2, -0.15) is 0 Å². The van der Waals surface area contributed by atoms with Crippen LogP contribution in [0.1, 0.15) is 57.9 Å². The van der Waals surface area contributed by atoms with E-state index in [-0.39, 0.29) is 10.6 Å². The largest absolute Gasteiger partial charge is 0.382 e. The Morgan fingerprint density at radius 1 is 1.25 bits per heavy atom. The smallest absolute Gasteiger partial charge is 0.274 e. The van der Waals surface area contributed by atoms with Crippen molar-refractivity contribution < 1.29 is 4.92 Å². The van der Waals surface area contributed by atoms with Crippen molar-refractivity contribution in [3.8, 4) is 0 Å². The van der Waals surface area contributed by atoms with Crippen molar-refractivity contribution in [1.29, 1.82) is 0 Å². The second-order valence-corrected chi connectivity index (χ2v) is 5.46. The fourth-order valence-electron chi connectivity index (χ4n) is 2.37. The van der Waals surface area contributed by atoms with E-state index in [1.165, 1.54) is 32.1 Å². The van der Waals surface area contributed by atoms with Gasteiger partial charge in [0.1, 0.15) is 0 Å². The third-order valence-electron chi connectivity index (χ3n) is 3.64. The van der Waals surface area contributed by atoms with Crippen LogP contribution in [0.4, 0.5) is 11.4 Å². The Labute approximate surface area is 121 Å². The number of nitrogens with zero attached hydrogens (tertiary/aromatic N) is 1. The second kappa shape index (κ2) is 8.56. The van der Waals surface area contributed by atoms with Gasteiger partial charge in [-0.25, -0.2) is 0 Å². The number of hydrogen-bond acceptors (Lipinski definition) is 3. The molecular weight excluding hydrogens is 252 g/mol. The highest BCUT2D eigenvalue weighted by Gasteiger charge is 2.14. The zero-order valence-electron chi connectivity index (χ0n) is 12.8. The zero-order valence-corrected chi connectivity index (χ0v) is 12.8. The molecule has 112 valence electrons. The number of nitro benzene ring substituents is 1. The predicted molar refractivity (Wildman–Crippen MR) is 84.3 cm³/mol. The Balaban J connectivity index is 2.47. The third kappa shape index (κ3) is 5.19. The van der Waals surface area contributed by atoms with Crippen LogP contribution in [-0.4, -0.2) is 11.0 Å². The Morgan fingerprint density at radius 2 is 1.95 bits per heavy atom. The molecule has 0 saturated heterocycles. The van der Waals surface area contributed by atoms with Crippen LogP contribution in [0.5, 0.6) is 0 Å². The molecule has 0 radical (unpaired) electrons. The molecule has 0 aliphatic heterocycles. The number of anilines is 1. The van der Waals surface area contributed by atoms with Gasteiger partial charge in [0, 0.05) is 23.4 Å². The van der Waals surface area contributed by atoms with Crippen LogP contribution in [0.15, 0.2) is 18.2 Å². The topological polar surface area (TPSA) is 55.2 Å². The van der Waals surface area contributed by atoms with Crippen molar-refractivity contribution in [2.45, 2.75) is 65.3 Å². The molecule has 0 aliphatic rings. The zero-order chi connectivity index (χ0) is 15.0. The van der Waals surface area contributed by atoms with E-state index in [0.717, 1.165) is 17.7 Å². The van der Waals surface area contributed by atoms with E-state index in [9.17, 15) is 10.1 Å². The molecule has 0 bridgehead atoms. The van der Waals surface area contributed by atoms with Crippen molar-refractivity contribution >= 4 is 11.4 Å². The highest BCUT2D eigenvalue weighted by Crippen LogP contribution is 2.26. The minimum absolute atomic E-state index is 0.185. The summed E-state index contributed by atoms with van der Waals surface area (Å²) in [6.07, 6.45) is 7.47. The van der Waals surface area contributed by atoms with Gasteiger partial charge in [0.25, 0.3) is 5.69 Å². The molecule has 0 aliphatic carbocycles. The maximum absolute atomic E-state index is 10.9. The van der Waals surface area contributed by atoms with E-state index in [0.29, 0.717) is 6.04 Å². The minimum atomic E-state index is -0.323. The average molecular weight is 278 g/mol. The first-order chi connectivity index (χ1) is 9.56. The Kier molecular flexibility index (Phi) is 7.05. The van der Waals surface area contributed by atoms with Crippen molar-refractivity contribution in [3.05, 3.63) is 33.9 Å². The average Bonchev–Trinajstić information content (AvgIpc) is 2.40. The molecule has 0 fully saturated rings. The monoisotopic (exact) mass is 278 g/mol. The van der Waals surface area contributed by atoms with Crippen LogP contribution in [0.2, 0.25) is 0 Å². The molecule has 1 aromatic carbocycles. The van der Waals surface area contributed by atoms with Gasteiger partial charge in [-0.15, -0.1) is 0 Å². The molecule has 1 aromatic rings. The van der Waals surface area contributed by atoms with Crippen LogP contribution >= 0.6 is 0 Å². The molecule has 0 aromatic heterocycles. The van der Waals surface area contributed by atoms with Gasteiger partial charge in [0.15, 0.2) is 0 Å². The van der Waals surface area contributed by atoms with Crippen LogP contribution in [0.25, 0.3) is 0 Å². The van der Waals surface area contributed by atoms with Crippen molar-refractivity contribution in [3.63, 3.8) is 0 Å². The van der Waals surface area contributed by atoms with Crippen molar-refractivity contribution in [2.24, 2.45) is 0 Å². The molecule has 20 heavy (non-hydrogen) atoms. The summed E-state index contributed by atoms with van der Waals surface area (Å²) in [5, 5.41) is 14.3. The molecule has 4 nitrogen and oxygen atoms in total. The third-order valence-corrected chi connectivity index (χ3v) is 3.64. The number of rotatable bonds is 9. The fraction of sp³-hybridized carbons (Fsp3) is 0.625. The first-order valence-electron chi connectivity index (χ1n) is 7.56. The van der Waals surface area contributed by atoms with E-state index in [2.05, 4.69) is 19.2 Å². The van der Waals surface area contributed by atoms with Crippen LogP contribution in [-0.2, 0) is 0 Å². The van der Waals surface area contributed by atoms with Crippen molar-refractivity contribution in [1.82, 2.24) is 0 Å². The lowest BCUT2D eigenvalue weighted by Crippen LogP contribution is -2.16. The number of hydrogen-bond donors (Lipinski definition) is 1. The molecule has 1 unspecified atom stereocenters. The highest BCUT2D eigenvalue weighted by atomic mass is 16.6. The molecule has 1 rings (SSSR count). The van der Waals surface area contributed by atoms with Gasteiger partial charge < -0.3 is 5.32 Å². The molecule has 0 heterocycles. The Hall–Kier alpha value is -1.58. The lowest BCUT2D eigenvalue weighted by molar-refractivity contribution is -0.385. The maximum atomic E-state index is 10.9. The predicted octanol–water partition coefficient (Wildman–Crippen LogP) is 5.06. The van der Waals surface area contributed by atoms with Crippen LogP contribution in [0.3, 0.4) is 0 Å². The molecule has 0 spiro atoms. The SMILES string of the molecule is CCCCCCCC(C)Nc1cccc([N+](=O)[O-])c1C. The van der Waals surface area contributed by atoms with Crippen LogP contribution < -0.4 is 5.32 Å². The summed E-state index contributed by atoms with van der Waals surface area (Å²) < 4.78 is 0. The standard InChI is InChI=1S/C16H26N2O2/c1-4-5-6-7-8-10-13(2)17-15-11-9-12-16(14(15)3)18(19)20/h9,11-13,17H,4-8,10H2,1-3H3. The fourth-order valence-corrected chi connectivity index (χ4v) is 2.37. The van der Waals surface area contributed by atoms with E-state index in [4.69, 9.17) is 0 Å². The summed E-state index contributed by atoms with van der Waals surface area (Å²) in [7, 11) is 0. The van der Waals surface area contributed by atoms with Gasteiger partial charge in [-0.1, -0.05) is 45.1 Å². The van der Waals surface area contributed by atoms with Crippen LogP contribution in [0, 0.1) is 17.0 Å². The molecular formula is C16H26N2O2. The van der Waals surface area contributed by atoms with Gasteiger partial charge in [0.2, 0.25) is 0 Å². The van der Waals surface area contributed by atoms with Gasteiger partial charge >= 0.3 is 0 Å². The Bertz CT molecular complexity index is 432. The van der Waals surface area contributed by atoms with Gasteiger partial charge in [0.05, 0.1) is 4.92 Å². The van der Waals surface area contributed by atoms with Crippen molar-refractivity contribution in [2.75, 3.05) is 5.32 Å². The first kappa shape index (κ1) is 16.5. The molecule has 1 N–H and O–H groups in total.